The summed E-state index contributed by atoms with van der Waals surface area (Å²) in [6.07, 6.45) is 1.06. The number of aryl methyl sites for hydroxylation is 2. The van der Waals surface area contributed by atoms with Crippen LogP contribution in [0.5, 0.6) is 0 Å². The van der Waals surface area contributed by atoms with Gasteiger partial charge in [0.05, 0.1) is 11.9 Å². The highest BCUT2D eigenvalue weighted by Crippen LogP contribution is 2.19. The summed E-state index contributed by atoms with van der Waals surface area (Å²) >= 11 is 0. The normalized spacial score (nSPS) is 12.2. The fourth-order valence-electron chi connectivity index (χ4n) is 3.01. The lowest BCUT2D eigenvalue weighted by Crippen LogP contribution is -2.50. The molecule has 1 N–H and O–H groups in total. The monoisotopic (exact) mass is 431 g/mol. The smallest absolute Gasteiger partial charge is 0.244 e. The zero-order valence-corrected chi connectivity index (χ0v) is 18.9. The minimum absolute atomic E-state index is 0.194. The summed E-state index contributed by atoms with van der Waals surface area (Å²) in [7, 11) is -2.20. The molecule has 2 rings (SSSR count). The largest absolute Gasteiger partial charge is 0.357 e. The molecule has 0 bridgehead atoms. The number of sulfonamides is 1. The zero-order valence-electron chi connectivity index (χ0n) is 18.0. The summed E-state index contributed by atoms with van der Waals surface area (Å²) in [6.45, 7) is 5.29. The molecule has 30 heavy (non-hydrogen) atoms. The Morgan fingerprint density at radius 2 is 1.47 bits per heavy atom. The fraction of sp³-hybridized carbons (Fsp3) is 0.364. The van der Waals surface area contributed by atoms with Gasteiger partial charge in [0.25, 0.3) is 0 Å². The molecular formula is C22H29N3O4S. The Balaban J connectivity index is 2.35. The van der Waals surface area contributed by atoms with E-state index in [0.29, 0.717) is 5.69 Å². The van der Waals surface area contributed by atoms with Crippen LogP contribution in [-0.4, -0.2) is 51.0 Å². The molecule has 2 aromatic rings. The van der Waals surface area contributed by atoms with Gasteiger partial charge in [0.15, 0.2) is 0 Å². The lowest BCUT2D eigenvalue weighted by molar-refractivity contribution is -0.139. The number of hydrogen-bond donors (Lipinski definition) is 1. The summed E-state index contributed by atoms with van der Waals surface area (Å²) in [4.78, 5) is 26.9. The second-order valence-electron chi connectivity index (χ2n) is 7.40. The first-order chi connectivity index (χ1) is 14.0. The minimum atomic E-state index is -3.70. The van der Waals surface area contributed by atoms with E-state index in [2.05, 4.69) is 5.32 Å². The second kappa shape index (κ2) is 9.75. The molecule has 0 aliphatic heterocycles. The van der Waals surface area contributed by atoms with Crippen LogP contribution in [0.15, 0.2) is 48.5 Å². The molecule has 0 saturated carbocycles. The van der Waals surface area contributed by atoms with Gasteiger partial charge in [-0.2, -0.15) is 0 Å². The third kappa shape index (κ3) is 6.06. The maximum atomic E-state index is 13.2. The predicted octanol–water partition coefficient (Wildman–Crippen LogP) is 2.23. The van der Waals surface area contributed by atoms with E-state index >= 15 is 0 Å². The lowest BCUT2D eigenvalue weighted by Gasteiger charge is -2.31. The summed E-state index contributed by atoms with van der Waals surface area (Å²) in [5, 5.41) is 2.55. The zero-order chi connectivity index (χ0) is 22.5. The molecule has 0 radical (unpaired) electrons. The Morgan fingerprint density at radius 3 is 1.93 bits per heavy atom. The Bertz CT molecular complexity index is 986. The molecule has 8 heteroatoms. The topological polar surface area (TPSA) is 86.8 Å². The fourth-order valence-corrected chi connectivity index (χ4v) is 3.86. The van der Waals surface area contributed by atoms with Gasteiger partial charge in [-0.25, -0.2) is 8.42 Å². The van der Waals surface area contributed by atoms with E-state index in [9.17, 15) is 18.0 Å². The Kier molecular flexibility index (Phi) is 7.61. The van der Waals surface area contributed by atoms with Crippen molar-refractivity contribution in [3.05, 3.63) is 65.2 Å². The second-order valence-corrected chi connectivity index (χ2v) is 9.31. The van der Waals surface area contributed by atoms with E-state index < -0.39 is 28.5 Å². The van der Waals surface area contributed by atoms with Crippen molar-refractivity contribution in [1.82, 2.24) is 10.2 Å². The molecule has 0 unspecified atom stereocenters. The molecule has 2 amide bonds. The first-order valence-electron chi connectivity index (χ1n) is 9.64. The third-order valence-electron chi connectivity index (χ3n) is 4.89. The lowest BCUT2D eigenvalue weighted by atomic mass is 10.1. The van der Waals surface area contributed by atoms with Crippen LogP contribution in [0, 0.1) is 13.8 Å². The van der Waals surface area contributed by atoms with E-state index in [1.165, 1.54) is 11.9 Å². The van der Waals surface area contributed by atoms with Crippen molar-refractivity contribution in [3.63, 3.8) is 0 Å². The molecular weight excluding hydrogens is 402 g/mol. The average molecular weight is 432 g/mol. The highest BCUT2D eigenvalue weighted by molar-refractivity contribution is 7.92. The van der Waals surface area contributed by atoms with Crippen molar-refractivity contribution in [1.29, 1.82) is 0 Å². The van der Waals surface area contributed by atoms with Crippen molar-refractivity contribution in [3.8, 4) is 0 Å². The number of amides is 2. The van der Waals surface area contributed by atoms with Crippen molar-refractivity contribution >= 4 is 27.5 Å². The molecule has 0 spiro atoms. The van der Waals surface area contributed by atoms with Crippen molar-refractivity contribution in [2.75, 3.05) is 24.2 Å². The number of carbonyl (C=O) groups excluding carboxylic acids is 2. The van der Waals surface area contributed by atoms with E-state index in [4.69, 9.17) is 0 Å². The van der Waals surface area contributed by atoms with E-state index in [0.717, 1.165) is 27.3 Å². The molecule has 0 fully saturated rings. The van der Waals surface area contributed by atoms with Crippen LogP contribution in [0.25, 0.3) is 0 Å². The number of carbonyl (C=O) groups is 2. The molecule has 0 saturated heterocycles. The Labute approximate surface area is 178 Å². The number of anilines is 1. The maximum Gasteiger partial charge on any atom is 0.244 e. The van der Waals surface area contributed by atoms with Crippen LogP contribution < -0.4 is 9.62 Å². The van der Waals surface area contributed by atoms with Crippen LogP contribution in [-0.2, 0) is 26.2 Å². The molecule has 7 nitrogen and oxygen atoms in total. The number of nitrogens with one attached hydrogen (secondary N) is 1. The van der Waals surface area contributed by atoms with Crippen LogP contribution in [0.4, 0.5) is 5.69 Å². The quantitative estimate of drug-likeness (QED) is 0.694. The molecule has 0 aliphatic rings. The maximum absolute atomic E-state index is 13.2. The summed E-state index contributed by atoms with van der Waals surface area (Å²) < 4.78 is 25.9. The minimum Gasteiger partial charge on any atom is -0.357 e. The Hall–Kier alpha value is -2.87. The summed E-state index contributed by atoms with van der Waals surface area (Å²) in [6, 6.07) is 13.8. The van der Waals surface area contributed by atoms with E-state index in [1.807, 2.05) is 38.1 Å². The van der Waals surface area contributed by atoms with Gasteiger partial charge in [0.1, 0.15) is 12.6 Å². The van der Waals surface area contributed by atoms with Gasteiger partial charge < -0.3 is 10.2 Å². The van der Waals surface area contributed by atoms with Crippen molar-refractivity contribution in [2.24, 2.45) is 0 Å². The summed E-state index contributed by atoms with van der Waals surface area (Å²) in [5.41, 5.74) is 3.32. The van der Waals surface area contributed by atoms with Crippen LogP contribution in [0.2, 0.25) is 0 Å². The van der Waals surface area contributed by atoms with Gasteiger partial charge in [-0.1, -0.05) is 47.5 Å². The van der Waals surface area contributed by atoms with E-state index in [-0.39, 0.29) is 12.5 Å². The molecule has 2 aromatic carbocycles. The van der Waals surface area contributed by atoms with Gasteiger partial charge in [-0.3, -0.25) is 13.9 Å². The molecule has 1 atom stereocenters. The number of likely N-dealkylation sites (N-methyl/N-ethyl adjacent to an activating group) is 1. The SMILES string of the molecule is CNC(=O)[C@@H](C)N(Cc1ccc(C)cc1)C(=O)CN(c1ccc(C)cc1)S(C)(=O)=O. The van der Waals surface area contributed by atoms with E-state index in [1.54, 1.807) is 31.2 Å². The Morgan fingerprint density at radius 1 is 0.967 bits per heavy atom. The average Bonchev–Trinajstić information content (AvgIpc) is 2.70. The molecule has 0 aromatic heterocycles. The van der Waals surface area contributed by atoms with Crippen molar-refractivity contribution in [2.45, 2.75) is 33.4 Å². The van der Waals surface area contributed by atoms with Gasteiger partial charge >= 0.3 is 0 Å². The first-order valence-corrected chi connectivity index (χ1v) is 11.5. The first kappa shape index (κ1) is 23.4. The number of hydrogen-bond acceptors (Lipinski definition) is 4. The van der Waals surface area contributed by atoms with Crippen molar-refractivity contribution < 1.29 is 18.0 Å². The molecule has 162 valence electrons. The highest BCUT2D eigenvalue weighted by atomic mass is 32.2. The third-order valence-corrected chi connectivity index (χ3v) is 6.03. The highest BCUT2D eigenvalue weighted by Gasteiger charge is 2.29. The number of benzene rings is 2. The van der Waals surface area contributed by atoms with Crippen LogP contribution >= 0.6 is 0 Å². The van der Waals surface area contributed by atoms with Gasteiger partial charge in [-0.05, 0) is 38.5 Å². The van der Waals surface area contributed by atoms with Gasteiger partial charge in [0, 0.05) is 13.6 Å². The molecule has 0 aliphatic carbocycles. The van der Waals surface area contributed by atoms with Gasteiger partial charge in [-0.15, -0.1) is 0 Å². The predicted molar refractivity (Wildman–Crippen MR) is 119 cm³/mol. The standard InChI is InChI=1S/C22H29N3O4S/c1-16-6-10-19(11-7-16)14-24(18(3)22(27)23-4)21(26)15-25(30(5,28)29)20-12-8-17(2)9-13-20/h6-13,18H,14-15H2,1-5H3,(H,23,27)/t18-/m1/s1. The molecule has 0 heterocycles. The summed E-state index contributed by atoms with van der Waals surface area (Å²) in [5.74, 6) is -0.783. The number of nitrogens with zero attached hydrogens (tertiary/aromatic N) is 2. The van der Waals surface area contributed by atoms with Crippen LogP contribution in [0.3, 0.4) is 0 Å². The van der Waals surface area contributed by atoms with Gasteiger partial charge in [0.2, 0.25) is 21.8 Å². The number of rotatable bonds is 8. The van der Waals surface area contributed by atoms with Crippen LogP contribution in [0.1, 0.15) is 23.6 Å².